The SMILES string of the molecule is COc1cc(F)ccc1-c1cn[nH]c1-c1ccc(S(C)(=O)=O)cc1. The minimum absolute atomic E-state index is 0.242. The molecule has 0 aliphatic heterocycles. The van der Waals surface area contributed by atoms with Gasteiger partial charge < -0.3 is 4.74 Å². The lowest BCUT2D eigenvalue weighted by Gasteiger charge is -2.09. The number of aromatic nitrogens is 2. The molecule has 3 aromatic rings. The molecular weight excluding hydrogens is 331 g/mol. The van der Waals surface area contributed by atoms with Crippen molar-refractivity contribution in [2.24, 2.45) is 0 Å². The van der Waals surface area contributed by atoms with Crippen molar-refractivity contribution < 1.29 is 17.5 Å². The zero-order valence-corrected chi connectivity index (χ0v) is 13.9. The summed E-state index contributed by atoms with van der Waals surface area (Å²) in [5, 5.41) is 6.95. The zero-order chi connectivity index (χ0) is 17.3. The highest BCUT2D eigenvalue weighted by Gasteiger charge is 2.15. The number of H-pyrrole nitrogens is 1. The third-order valence-electron chi connectivity index (χ3n) is 3.66. The molecule has 0 bridgehead atoms. The van der Waals surface area contributed by atoms with E-state index in [1.165, 1.54) is 31.4 Å². The van der Waals surface area contributed by atoms with Crippen LogP contribution in [0.5, 0.6) is 5.75 Å². The molecule has 0 saturated heterocycles. The normalized spacial score (nSPS) is 11.5. The second-order valence-electron chi connectivity index (χ2n) is 5.30. The van der Waals surface area contributed by atoms with Gasteiger partial charge in [-0.15, -0.1) is 0 Å². The molecule has 0 aliphatic carbocycles. The van der Waals surface area contributed by atoms with E-state index in [-0.39, 0.29) is 4.90 Å². The third-order valence-corrected chi connectivity index (χ3v) is 4.79. The number of rotatable bonds is 4. The molecule has 0 unspecified atom stereocenters. The minimum Gasteiger partial charge on any atom is -0.496 e. The monoisotopic (exact) mass is 346 g/mol. The van der Waals surface area contributed by atoms with Gasteiger partial charge in [-0.05, 0) is 24.3 Å². The number of halogens is 1. The molecule has 0 fully saturated rings. The highest BCUT2D eigenvalue weighted by molar-refractivity contribution is 7.90. The Balaban J connectivity index is 2.09. The first-order valence-corrected chi connectivity index (χ1v) is 8.97. The number of hydrogen-bond donors (Lipinski definition) is 1. The van der Waals surface area contributed by atoms with Crippen molar-refractivity contribution in [2.75, 3.05) is 13.4 Å². The summed E-state index contributed by atoms with van der Waals surface area (Å²) in [6.07, 6.45) is 2.78. The average molecular weight is 346 g/mol. The minimum atomic E-state index is -3.25. The van der Waals surface area contributed by atoms with Gasteiger partial charge in [-0.2, -0.15) is 5.10 Å². The van der Waals surface area contributed by atoms with Gasteiger partial charge >= 0.3 is 0 Å². The van der Waals surface area contributed by atoms with Gasteiger partial charge in [-0.1, -0.05) is 12.1 Å². The smallest absolute Gasteiger partial charge is 0.175 e. The van der Waals surface area contributed by atoms with Gasteiger partial charge in [-0.25, -0.2) is 12.8 Å². The van der Waals surface area contributed by atoms with Crippen LogP contribution < -0.4 is 4.74 Å². The number of nitrogens with zero attached hydrogens (tertiary/aromatic N) is 1. The van der Waals surface area contributed by atoms with Crippen LogP contribution in [0.15, 0.2) is 53.6 Å². The van der Waals surface area contributed by atoms with Gasteiger partial charge in [0.25, 0.3) is 0 Å². The summed E-state index contributed by atoms with van der Waals surface area (Å²) in [6, 6.07) is 10.7. The molecule has 124 valence electrons. The highest BCUT2D eigenvalue weighted by atomic mass is 32.2. The van der Waals surface area contributed by atoms with Crippen LogP contribution >= 0.6 is 0 Å². The van der Waals surface area contributed by atoms with Crippen LogP contribution in [0.2, 0.25) is 0 Å². The van der Waals surface area contributed by atoms with Crippen molar-refractivity contribution in [1.82, 2.24) is 10.2 Å². The first kappa shape index (κ1) is 16.2. The fourth-order valence-corrected chi connectivity index (χ4v) is 3.10. The maximum atomic E-state index is 13.4. The molecule has 2 aromatic carbocycles. The third kappa shape index (κ3) is 3.03. The molecular formula is C17H15FN2O3S. The molecule has 7 heteroatoms. The molecule has 0 radical (unpaired) electrons. The lowest BCUT2D eigenvalue weighted by atomic mass is 10.0. The van der Waals surface area contributed by atoms with Gasteiger partial charge in [0.1, 0.15) is 11.6 Å². The Morgan fingerprint density at radius 1 is 1.08 bits per heavy atom. The molecule has 0 saturated carbocycles. The molecule has 24 heavy (non-hydrogen) atoms. The van der Waals surface area contributed by atoms with E-state index >= 15 is 0 Å². The zero-order valence-electron chi connectivity index (χ0n) is 13.1. The Labute approximate surface area is 139 Å². The van der Waals surface area contributed by atoms with Gasteiger partial charge in [0.15, 0.2) is 9.84 Å². The lowest BCUT2D eigenvalue weighted by Crippen LogP contribution is -1.96. The quantitative estimate of drug-likeness (QED) is 0.787. The van der Waals surface area contributed by atoms with Crippen molar-refractivity contribution in [3.8, 4) is 28.1 Å². The summed E-state index contributed by atoms with van der Waals surface area (Å²) in [5.74, 6) is 0.00329. The molecule has 0 atom stereocenters. The molecule has 5 nitrogen and oxygen atoms in total. The van der Waals surface area contributed by atoms with Gasteiger partial charge in [-0.3, -0.25) is 5.10 Å². The summed E-state index contributed by atoms with van der Waals surface area (Å²) in [6.45, 7) is 0. The molecule has 3 rings (SSSR count). The summed E-state index contributed by atoms with van der Waals surface area (Å²) >= 11 is 0. The molecule has 1 heterocycles. The number of aromatic amines is 1. The van der Waals surface area contributed by atoms with Crippen LogP contribution in [0, 0.1) is 5.82 Å². The van der Waals surface area contributed by atoms with Crippen molar-refractivity contribution in [3.63, 3.8) is 0 Å². The van der Waals surface area contributed by atoms with E-state index < -0.39 is 15.7 Å². The summed E-state index contributed by atoms with van der Waals surface area (Å²) in [5.41, 5.74) is 2.88. The predicted molar refractivity (Wildman–Crippen MR) is 89.1 cm³/mol. The van der Waals surface area contributed by atoms with E-state index in [1.54, 1.807) is 24.4 Å². The number of sulfone groups is 1. The van der Waals surface area contributed by atoms with Crippen molar-refractivity contribution in [1.29, 1.82) is 0 Å². The largest absolute Gasteiger partial charge is 0.496 e. The maximum absolute atomic E-state index is 13.4. The number of benzene rings is 2. The van der Waals surface area contributed by atoms with Crippen LogP contribution in [0.1, 0.15) is 0 Å². The first-order valence-electron chi connectivity index (χ1n) is 7.08. The Morgan fingerprint density at radius 3 is 2.42 bits per heavy atom. The molecule has 1 aromatic heterocycles. The number of methoxy groups -OCH3 is 1. The average Bonchev–Trinajstić information content (AvgIpc) is 3.03. The van der Waals surface area contributed by atoms with Gasteiger partial charge in [0.2, 0.25) is 0 Å². The van der Waals surface area contributed by atoms with Crippen molar-refractivity contribution in [3.05, 3.63) is 54.5 Å². The van der Waals surface area contributed by atoms with Gasteiger partial charge in [0.05, 0.1) is 23.9 Å². The second kappa shape index (κ2) is 6.09. The number of nitrogens with one attached hydrogen (secondary N) is 1. The standard InChI is InChI=1S/C17H15FN2O3S/c1-23-16-9-12(18)5-8-14(16)15-10-19-20-17(15)11-3-6-13(7-4-11)24(2,21)22/h3-10H,1-2H3,(H,19,20). The Kier molecular flexibility index (Phi) is 4.11. The van der Waals surface area contributed by atoms with Crippen LogP contribution in [0.25, 0.3) is 22.4 Å². The van der Waals surface area contributed by atoms with E-state index in [0.29, 0.717) is 17.0 Å². The summed E-state index contributed by atoms with van der Waals surface area (Å²) < 4.78 is 41.8. The molecule has 0 spiro atoms. The second-order valence-corrected chi connectivity index (χ2v) is 7.32. The van der Waals surface area contributed by atoms with E-state index in [4.69, 9.17) is 4.74 Å². The van der Waals surface area contributed by atoms with Crippen LogP contribution in [0.4, 0.5) is 4.39 Å². The lowest BCUT2D eigenvalue weighted by molar-refractivity contribution is 0.413. The molecule has 0 aliphatic rings. The highest BCUT2D eigenvalue weighted by Crippen LogP contribution is 2.36. The topological polar surface area (TPSA) is 72.0 Å². The Morgan fingerprint density at radius 2 is 1.79 bits per heavy atom. The van der Waals surface area contributed by atoms with Crippen LogP contribution in [-0.4, -0.2) is 32.0 Å². The van der Waals surface area contributed by atoms with Crippen LogP contribution in [-0.2, 0) is 9.84 Å². The van der Waals surface area contributed by atoms with Crippen molar-refractivity contribution >= 4 is 9.84 Å². The maximum Gasteiger partial charge on any atom is 0.175 e. The summed E-state index contributed by atoms with van der Waals surface area (Å²) in [7, 11) is -1.78. The Hall–Kier alpha value is -2.67. The Bertz CT molecular complexity index is 979. The fraction of sp³-hybridized carbons (Fsp3) is 0.118. The van der Waals surface area contributed by atoms with Gasteiger partial charge in [0, 0.05) is 29.0 Å². The number of ether oxygens (including phenoxy) is 1. The van der Waals surface area contributed by atoms with E-state index in [2.05, 4.69) is 10.2 Å². The van der Waals surface area contributed by atoms with E-state index in [1.807, 2.05) is 0 Å². The molecule has 1 N–H and O–H groups in total. The van der Waals surface area contributed by atoms with Crippen molar-refractivity contribution in [2.45, 2.75) is 4.90 Å². The predicted octanol–water partition coefficient (Wildman–Crippen LogP) is 3.29. The summed E-state index contributed by atoms with van der Waals surface area (Å²) in [4.78, 5) is 0.242. The fourth-order valence-electron chi connectivity index (χ4n) is 2.47. The first-order chi connectivity index (χ1) is 11.4. The van der Waals surface area contributed by atoms with E-state index in [9.17, 15) is 12.8 Å². The van der Waals surface area contributed by atoms with E-state index in [0.717, 1.165) is 17.4 Å². The van der Waals surface area contributed by atoms with Crippen LogP contribution in [0.3, 0.4) is 0 Å². The molecule has 0 amide bonds. The number of hydrogen-bond acceptors (Lipinski definition) is 4.